The predicted octanol–water partition coefficient (Wildman–Crippen LogP) is 5.40. The minimum Gasteiger partial charge on any atom is -0.497 e. The fourth-order valence-corrected chi connectivity index (χ4v) is 3.87. The Morgan fingerprint density at radius 1 is 0.929 bits per heavy atom. The minimum absolute atomic E-state index is 0.381. The number of carbonyl (C=O) groups is 1. The van der Waals surface area contributed by atoms with Crippen LogP contribution in [0.4, 0.5) is 15.6 Å². The van der Waals surface area contributed by atoms with Gasteiger partial charge in [0.2, 0.25) is 0 Å². The maximum absolute atomic E-state index is 12.4. The molecule has 6 nitrogen and oxygen atoms in total. The Hall–Kier alpha value is -3.06. The third kappa shape index (κ3) is 4.43. The number of methoxy groups -OCH3 is 2. The number of aromatic nitrogens is 1. The van der Waals surface area contributed by atoms with E-state index in [1.165, 1.54) is 28.0 Å². The molecule has 0 aliphatic heterocycles. The Labute approximate surface area is 168 Å². The van der Waals surface area contributed by atoms with Crippen LogP contribution in [-0.4, -0.2) is 25.2 Å². The number of anilines is 2. The molecule has 1 aromatic heterocycles. The molecule has 3 rings (SSSR count). The van der Waals surface area contributed by atoms with Crippen molar-refractivity contribution in [2.45, 2.75) is 20.8 Å². The molecule has 2 aromatic carbocycles. The number of ether oxygens (including phenoxy) is 2. The summed E-state index contributed by atoms with van der Waals surface area (Å²) < 4.78 is 10.4. The Morgan fingerprint density at radius 3 is 2.11 bits per heavy atom. The molecule has 0 aliphatic carbocycles. The van der Waals surface area contributed by atoms with E-state index in [0.717, 1.165) is 11.3 Å². The van der Waals surface area contributed by atoms with Crippen LogP contribution >= 0.6 is 11.3 Å². The van der Waals surface area contributed by atoms with E-state index in [1.54, 1.807) is 32.4 Å². The van der Waals surface area contributed by atoms with Gasteiger partial charge < -0.3 is 14.8 Å². The topological polar surface area (TPSA) is 72.5 Å². The summed E-state index contributed by atoms with van der Waals surface area (Å²) in [7, 11) is 3.12. The van der Waals surface area contributed by atoms with Gasteiger partial charge in [-0.15, -0.1) is 11.3 Å². The van der Waals surface area contributed by atoms with Gasteiger partial charge in [-0.25, -0.2) is 9.78 Å². The summed E-state index contributed by atoms with van der Waals surface area (Å²) in [5.41, 5.74) is 6.09. The molecule has 0 aliphatic rings. The van der Waals surface area contributed by atoms with Crippen molar-refractivity contribution >= 4 is 28.2 Å². The summed E-state index contributed by atoms with van der Waals surface area (Å²) >= 11 is 1.39. The van der Waals surface area contributed by atoms with Crippen molar-refractivity contribution < 1.29 is 14.3 Å². The van der Waals surface area contributed by atoms with Gasteiger partial charge in [0.25, 0.3) is 0 Å². The summed E-state index contributed by atoms with van der Waals surface area (Å²) in [6.45, 7) is 6.23. The van der Waals surface area contributed by atoms with Gasteiger partial charge >= 0.3 is 6.03 Å². The summed E-state index contributed by atoms with van der Waals surface area (Å²) in [5, 5.41) is 8.04. The molecule has 0 spiro atoms. The van der Waals surface area contributed by atoms with Gasteiger partial charge in [-0.2, -0.15) is 0 Å². The maximum atomic E-state index is 12.4. The number of benzene rings is 2. The number of urea groups is 1. The van der Waals surface area contributed by atoms with Crippen molar-refractivity contribution in [3.63, 3.8) is 0 Å². The van der Waals surface area contributed by atoms with Crippen molar-refractivity contribution in [3.8, 4) is 22.8 Å². The lowest BCUT2D eigenvalue weighted by atomic mass is 9.98. The Bertz CT molecular complexity index is 969. The monoisotopic (exact) mass is 397 g/mol. The number of nitrogens with one attached hydrogen (secondary N) is 2. The third-order valence-corrected chi connectivity index (χ3v) is 5.02. The second-order valence-corrected chi connectivity index (χ2v) is 7.35. The van der Waals surface area contributed by atoms with Crippen molar-refractivity contribution in [1.82, 2.24) is 4.98 Å². The van der Waals surface area contributed by atoms with Crippen LogP contribution in [-0.2, 0) is 0 Å². The zero-order valence-corrected chi connectivity index (χ0v) is 17.4. The standard InChI is InChI=1S/C21H23N3O3S/c1-12-6-13(2)19(14(3)7-12)18-11-28-21(23-18)24-20(25)22-15-8-16(26-4)10-17(9-15)27-5/h6-11H,1-5H3,(H2,22,23,24,25). The highest BCUT2D eigenvalue weighted by molar-refractivity contribution is 7.14. The smallest absolute Gasteiger partial charge is 0.325 e. The third-order valence-electron chi connectivity index (χ3n) is 4.27. The average Bonchev–Trinajstić information content (AvgIpc) is 3.08. The van der Waals surface area contributed by atoms with Gasteiger partial charge in [-0.1, -0.05) is 17.7 Å². The number of nitrogens with zero attached hydrogens (tertiary/aromatic N) is 1. The van der Waals surface area contributed by atoms with E-state index in [1.807, 2.05) is 5.38 Å². The normalized spacial score (nSPS) is 10.5. The molecule has 0 fully saturated rings. The van der Waals surface area contributed by atoms with Crippen LogP contribution < -0.4 is 20.1 Å². The van der Waals surface area contributed by atoms with E-state index in [0.29, 0.717) is 22.3 Å². The van der Waals surface area contributed by atoms with E-state index in [4.69, 9.17) is 9.47 Å². The number of aryl methyl sites for hydroxylation is 3. The van der Waals surface area contributed by atoms with E-state index < -0.39 is 0 Å². The summed E-state index contributed by atoms with van der Waals surface area (Å²) in [6, 6.07) is 9.06. The second kappa shape index (κ2) is 8.31. The van der Waals surface area contributed by atoms with Crippen LogP contribution in [0.3, 0.4) is 0 Å². The zero-order valence-electron chi connectivity index (χ0n) is 16.5. The SMILES string of the molecule is COc1cc(NC(=O)Nc2nc(-c3c(C)cc(C)cc3C)cs2)cc(OC)c1. The lowest BCUT2D eigenvalue weighted by molar-refractivity contribution is 0.262. The Balaban J connectivity index is 1.75. The molecule has 7 heteroatoms. The number of amides is 2. The first-order valence-electron chi connectivity index (χ1n) is 8.74. The molecule has 146 valence electrons. The molecule has 28 heavy (non-hydrogen) atoms. The first kappa shape index (κ1) is 19.7. The zero-order chi connectivity index (χ0) is 20.3. The molecule has 0 saturated heterocycles. The summed E-state index contributed by atoms with van der Waals surface area (Å²) in [4.78, 5) is 16.9. The summed E-state index contributed by atoms with van der Waals surface area (Å²) in [6.07, 6.45) is 0. The maximum Gasteiger partial charge on any atom is 0.325 e. The highest BCUT2D eigenvalue weighted by atomic mass is 32.1. The lowest BCUT2D eigenvalue weighted by Crippen LogP contribution is -2.19. The van der Waals surface area contributed by atoms with Crippen LogP contribution in [0.2, 0.25) is 0 Å². The van der Waals surface area contributed by atoms with Gasteiger partial charge in [0.15, 0.2) is 5.13 Å². The van der Waals surface area contributed by atoms with E-state index in [2.05, 4.69) is 48.5 Å². The Kier molecular flexibility index (Phi) is 5.84. The highest BCUT2D eigenvalue weighted by Crippen LogP contribution is 2.31. The molecule has 0 saturated carbocycles. The largest absolute Gasteiger partial charge is 0.497 e. The van der Waals surface area contributed by atoms with Crippen LogP contribution in [0.25, 0.3) is 11.3 Å². The average molecular weight is 398 g/mol. The van der Waals surface area contributed by atoms with Crippen molar-refractivity contribution in [2.75, 3.05) is 24.9 Å². The highest BCUT2D eigenvalue weighted by Gasteiger charge is 2.13. The van der Waals surface area contributed by atoms with Crippen molar-refractivity contribution in [1.29, 1.82) is 0 Å². The molecule has 3 aromatic rings. The van der Waals surface area contributed by atoms with Gasteiger partial charge in [0, 0.05) is 34.8 Å². The minimum atomic E-state index is -0.381. The first-order valence-corrected chi connectivity index (χ1v) is 9.62. The second-order valence-electron chi connectivity index (χ2n) is 6.49. The molecule has 2 amide bonds. The Morgan fingerprint density at radius 2 is 1.54 bits per heavy atom. The molecule has 0 bridgehead atoms. The number of rotatable bonds is 5. The molecule has 2 N–H and O–H groups in total. The first-order chi connectivity index (χ1) is 13.4. The van der Waals surface area contributed by atoms with Gasteiger partial charge in [0.05, 0.1) is 19.9 Å². The molecule has 0 radical (unpaired) electrons. The summed E-state index contributed by atoms with van der Waals surface area (Å²) in [5.74, 6) is 1.19. The predicted molar refractivity (Wildman–Crippen MR) is 114 cm³/mol. The van der Waals surface area contributed by atoms with Gasteiger partial charge in [-0.05, 0) is 31.9 Å². The molecular formula is C21H23N3O3S. The number of carbonyl (C=O) groups excluding carboxylic acids is 1. The number of hydrogen-bond acceptors (Lipinski definition) is 5. The van der Waals surface area contributed by atoms with E-state index >= 15 is 0 Å². The van der Waals surface area contributed by atoms with Crippen LogP contribution in [0.5, 0.6) is 11.5 Å². The quantitative estimate of drug-likeness (QED) is 0.605. The molecular weight excluding hydrogens is 374 g/mol. The molecule has 1 heterocycles. The van der Waals surface area contributed by atoms with Crippen molar-refractivity contribution in [3.05, 3.63) is 52.4 Å². The van der Waals surface area contributed by atoms with E-state index in [9.17, 15) is 4.79 Å². The van der Waals surface area contributed by atoms with Crippen LogP contribution in [0.15, 0.2) is 35.7 Å². The van der Waals surface area contributed by atoms with E-state index in [-0.39, 0.29) is 6.03 Å². The van der Waals surface area contributed by atoms with Crippen LogP contribution in [0, 0.1) is 20.8 Å². The fourth-order valence-electron chi connectivity index (χ4n) is 3.17. The number of hydrogen-bond donors (Lipinski definition) is 2. The van der Waals surface area contributed by atoms with Crippen LogP contribution in [0.1, 0.15) is 16.7 Å². The molecule has 0 unspecified atom stereocenters. The molecule has 0 atom stereocenters. The fraction of sp³-hybridized carbons (Fsp3) is 0.238. The number of thiazole rings is 1. The van der Waals surface area contributed by atoms with Gasteiger partial charge in [-0.3, -0.25) is 5.32 Å². The lowest BCUT2D eigenvalue weighted by Gasteiger charge is -2.10. The van der Waals surface area contributed by atoms with Crippen molar-refractivity contribution in [2.24, 2.45) is 0 Å². The van der Waals surface area contributed by atoms with Gasteiger partial charge in [0.1, 0.15) is 11.5 Å².